The molecule has 7 heteroatoms. The van der Waals surface area contributed by atoms with Crippen molar-refractivity contribution < 1.29 is 13.6 Å². The van der Waals surface area contributed by atoms with E-state index in [1.54, 1.807) is 0 Å². The number of carbonyl (C=O) groups excluding carboxylic acids is 1. The van der Waals surface area contributed by atoms with Crippen LogP contribution >= 0.6 is 0 Å². The molecule has 128 valence electrons. The monoisotopic (exact) mass is 318 g/mol. The first-order valence-corrected chi connectivity index (χ1v) is 8.18. The summed E-state index contributed by atoms with van der Waals surface area (Å²) in [5.74, 6) is -2.84. The summed E-state index contributed by atoms with van der Waals surface area (Å²) in [4.78, 5) is 17.0. The molecule has 0 aromatic rings. The molecule has 2 aliphatic rings. The molecule has 2 saturated heterocycles. The van der Waals surface area contributed by atoms with Crippen LogP contribution < -0.4 is 5.32 Å². The molecule has 2 heterocycles. The van der Waals surface area contributed by atoms with Crippen molar-refractivity contribution in [3.63, 3.8) is 0 Å². The van der Waals surface area contributed by atoms with Crippen LogP contribution in [0.1, 0.15) is 20.3 Å². The second-order valence-electron chi connectivity index (χ2n) is 6.63. The van der Waals surface area contributed by atoms with Gasteiger partial charge >= 0.3 is 0 Å². The summed E-state index contributed by atoms with van der Waals surface area (Å²) >= 11 is 0. The number of hydrogen-bond donors (Lipinski definition) is 1. The minimum atomic E-state index is -2.84. The SMILES string of the molecule is CC(C)N1CCN(CCN2CCC(NC=O)C(F)(F)C2)CC1. The van der Waals surface area contributed by atoms with E-state index in [1.807, 2.05) is 4.90 Å². The van der Waals surface area contributed by atoms with Gasteiger partial charge in [-0.15, -0.1) is 0 Å². The molecule has 1 amide bonds. The molecule has 2 fully saturated rings. The average Bonchev–Trinajstić information content (AvgIpc) is 2.48. The molecule has 2 aliphatic heterocycles. The number of hydrogen-bond acceptors (Lipinski definition) is 4. The van der Waals surface area contributed by atoms with E-state index >= 15 is 0 Å². The minimum Gasteiger partial charge on any atom is -0.350 e. The maximum atomic E-state index is 13.9. The predicted molar refractivity (Wildman–Crippen MR) is 82.1 cm³/mol. The Labute approximate surface area is 131 Å². The third kappa shape index (κ3) is 4.60. The van der Waals surface area contributed by atoms with Crippen LogP contribution in [0.3, 0.4) is 0 Å². The Kier molecular flexibility index (Phi) is 6.11. The third-order valence-corrected chi connectivity index (χ3v) is 4.82. The van der Waals surface area contributed by atoms with Gasteiger partial charge in [-0.1, -0.05) is 0 Å². The molecule has 1 atom stereocenters. The van der Waals surface area contributed by atoms with E-state index < -0.39 is 12.0 Å². The molecular weight excluding hydrogens is 290 g/mol. The molecule has 5 nitrogen and oxygen atoms in total. The summed E-state index contributed by atoms with van der Waals surface area (Å²) in [7, 11) is 0. The maximum Gasteiger partial charge on any atom is 0.280 e. The molecule has 1 N–H and O–H groups in total. The molecule has 22 heavy (non-hydrogen) atoms. The Balaban J connectivity index is 1.71. The molecule has 0 aromatic carbocycles. The Morgan fingerprint density at radius 1 is 1.14 bits per heavy atom. The van der Waals surface area contributed by atoms with Crippen LogP contribution in [0.2, 0.25) is 0 Å². The van der Waals surface area contributed by atoms with E-state index in [2.05, 4.69) is 29.0 Å². The van der Waals surface area contributed by atoms with Crippen LogP contribution in [0, 0.1) is 0 Å². The lowest BCUT2D eigenvalue weighted by atomic mass is 10.0. The van der Waals surface area contributed by atoms with E-state index in [0.29, 0.717) is 32.0 Å². The Morgan fingerprint density at radius 3 is 2.32 bits per heavy atom. The van der Waals surface area contributed by atoms with Crippen LogP contribution in [0.25, 0.3) is 0 Å². The molecule has 0 radical (unpaired) electrons. The fourth-order valence-corrected chi connectivity index (χ4v) is 3.27. The highest BCUT2D eigenvalue weighted by molar-refractivity contribution is 5.47. The van der Waals surface area contributed by atoms with Crippen LogP contribution in [-0.4, -0.2) is 91.5 Å². The highest BCUT2D eigenvalue weighted by Gasteiger charge is 2.44. The first-order valence-electron chi connectivity index (χ1n) is 8.18. The van der Waals surface area contributed by atoms with Crippen molar-refractivity contribution in [2.24, 2.45) is 0 Å². The number of piperidine rings is 1. The Hall–Kier alpha value is -0.790. The smallest absolute Gasteiger partial charge is 0.280 e. The van der Waals surface area contributed by atoms with Crippen molar-refractivity contribution >= 4 is 6.41 Å². The van der Waals surface area contributed by atoms with Gasteiger partial charge in [-0.2, -0.15) is 0 Å². The normalized spacial score (nSPS) is 28.0. The van der Waals surface area contributed by atoms with Crippen LogP contribution in [0.4, 0.5) is 8.78 Å². The number of piperazine rings is 1. The fraction of sp³-hybridized carbons (Fsp3) is 0.933. The van der Waals surface area contributed by atoms with Crippen molar-refractivity contribution in [3.05, 3.63) is 0 Å². The van der Waals surface area contributed by atoms with Gasteiger partial charge in [-0.05, 0) is 20.3 Å². The van der Waals surface area contributed by atoms with Crippen LogP contribution in [0.5, 0.6) is 0 Å². The van der Waals surface area contributed by atoms with Gasteiger partial charge in [0.15, 0.2) is 0 Å². The quantitative estimate of drug-likeness (QED) is 0.723. The summed E-state index contributed by atoms with van der Waals surface area (Å²) in [6, 6.07) is -0.443. The van der Waals surface area contributed by atoms with E-state index in [-0.39, 0.29) is 6.54 Å². The number of halogens is 2. The molecule has 2 rings (SSSR count). The molecule has 0 aromatic heterocycles. The van der Waals surface area contributed by atoms with Gasteiger partial charge in [0, 0.05) is 51.9 Å². The second kappa shape index (κ2) is 7.66. The van der Waals surface area contributed by atoms with Crippen LogP contribution in [-0.2, 0) is 4.79 Å². The number of likely N-dealkylation sites (tertiary alicyclic amines) is 1. The molecule has 0 spiro atoms. The number of amides is 1. The Bertz CT molecular complexity index is 359. The maximum absolute atomic E-state index is 13.9. The lowest BCUT2D eigenvalue weighted by Gasteiger charge is -2.40. The van der Waals surface area contributed by atoms with Gasteiger partial charge in [0.25, 0.3) is 5.92 Å². The zero-order valence-electron chi connectivity index (χ0n) is 13.6. The summed E-state index contributed by atoms with van der Waals surface area (Å²) in [6.45, 7) is 10.4. The summed E-state index contributed by atoms with van der Waals surface area (Å²) in [6.07, 6.45) is 0.690. The minimum absolute atomic E-state index is 0.259. The fourth-order valence-electron chi connectivity index (χ4n) is 3.27. The van der Waals surface area contributed by atoms with Gasteiger partial charge < -0.3 is 5.32 Å². The lowest BCUT2D eigenvalue weighted by molar-refractivity contribution is -0.120. The number of alkyl halides is 2. The van der Waals surface area contributed by atoms with Gasteiger partial charge in [-0.3, -0.25) is 19.5 Å². The number of nitrogens with zero attached hydrogens (tertiary/aromatic N) is 3. The van der Waals surface area contributed by atoms with Gasteiger partial charge in [0.05, 0.1) is 12.6 Å². The van der Waals surface area contributed by atoms with Gasteiger partial charge in [0.2, 0.25) is 6.41 Å². The standard InChI is InChI=1S/C15H28F2N4O/c1-13(2)21-9-7-19(8-10-21)5-6-20-4-3-14(18-12-22)15(16,17)11-20/h12-14H,3-11H2,1-2H3,(H,18,22). The summed E-state index contributed by atoms with van der Waals surface area (Å²) in [5, 5.41) is 2.24. The highest BCUT2D eigenvalue weighted by Crippen LogP contribution is 2.27. The van der Waals surface area contributed by atoms with Crippen molar-refractivity contribution in [1.29, 1.82) is 0 Å². The third-order valence-electron chi connectivity index (χ3n) is 4.82. The topological polar surface area (TPSA) is 38.8 Å². The second-order valence-corrected chi connectivity index (χ2v) is 6.63. The van der Waals surface area contributed by atoms with E-state index in [4.69, 9.17) is 0 Å². The summed E-state index contributed by atoms with van der Waals surface area (Å²) < 4.78 is 27.9. The molecule has 0 bridgehead atoms. The predicted octanol–water partition coefficient (Wildman–Crippen LogP) is 0.468. The van der Waals surface area contributed by atoms with Gasteiger partial charge in [0.1, 0.15) is 0 Å². The largest absolute Gasteiger partial charge is 0.350 e. The number of nitrogens with one attached hydrogen (secondary N) is 1. The summed E-state index contributed by atoms with van der Waals surface area (Å²) in [5.41, 5.74) is 0. The van der Waals surface area contributed by atoms with Gasteiger partial charge in [-0.25, -0.2) is 8.78 Å². The van der Waals surface area contributed by atoms with Crippen molar-refractivity contribution in [3.8, 4) is 0 Å². The molecular formula is C15H28F2N4O. The zero-order valence-corrected chi connectivity index (χ0v) is 13.6. The Morgan fingerprint density at radius 2 is 1.77 bits per heavy atom. The molecule has 1 unspecified atom stereocenters. The number of carbonyl (C=O) groups is 1. The van der Waals surface area contributed by atoms with Crippen LogP contribution in [0.15, 0.2) is 0 Å². The zero-order chi connectivity index (χ0) is 16.2. The van der Waals surface area contributed by atoms with Crippen molar-refractivity contribution in [1.82, 2.24) is 20.0 Å². The lowest BCUT2D eigenvalue weighted by Crippen LogP contribution is -2.58. The highest BCUT2D eigenvalue weighted by atomic mass is 19.3. The van der Waals surface area contributed by atoms with E-state index in [0.717, 1.165) is 32.7 Å². The average molecular weight is 318 g/mol. The van der Waals surface area contributed by atoms with Crippen molar-refractivity contribution in [2.75, 3.05) is 52.4 Å². The van der Waals surface area contributed by atoms with Crippen molar-refractivity contribution in [2.45, 2.75) is 38.3 Å². The molecule has 0 saturated carbocycles. The van der Waals surface area contributed by atoms with E-state index in [9.17, 15) is 13.6 Å². The molecule has 0 aliphatic carbocycles. The number of rotatable bonds is 6. The van der Waals surface area contributed by atoms with E-state index in [1.165, 1.54) is 0 Å². The first-order chi connectivity index (χ1) is 10.4. The first kappa shape index (κ1) is 17.6.